The largest absolute Gasteiger partial charge is 0.488 e. The van der Waals surface area contributed by atoms with E-state index in [1.807, 2.05) is 12.1 Å². The number of hydrogen-bond acceptors (Lipinski definition) is 6. The average Bonchev–Trinajstić information content (AvgIpc) is 2.91. The van der Waals surface area contributed by atoms with E-state index in [0.717, 1.165) is 37.5 Å². The molecule has 10 heteroatoms. The zero-order valence-electron chi connectivity index (χ0n) is 20.0. The van der Waals surface area contributed by atoms with Crippen molar-refractivity contribution in [1.82, 2.24) is 15.6 Å². The highest BCUT2D eigenvalue weighted by Gasteiger charge is 2.31. The molecule has 4 rings (SSSR count). The first-order valence-electron chi connectivity index (χ1n) is 12.1. The summed E-state index contributed by atoms with van der Waals surface area (Å²) >= 11 is 0. The van der Waals surface area contributed by atoms with Crippen molar-refractivity contribution in [2.45, 2.75) is 38.1 Å². The number of pyridine rings is 1. The highest BCUT2D eigenvalue weighted by atomic mass is 16.4. The Hall–Kier alpha value is -3.76. The molecule has 0 radical (unpaired) electrons. The molecule has 1 atom stereocenters. The van der Waals surface area contributed by atoms with Crippen LogP contribution in [0.25, 0.3) is 10.8 Å². The molecule has 9 nitrogen and oxygen atoms in total. The van der Waals surface area contributed by atoms with Gasteiger partial charge in [0.25, 0.3) is 11.8 Å². The van der Waals surface area contributed by atoms with E-state index in [2.05, 4.69) is 20.9 Å². The van der Waals surface area contributed by atoms with Gasteiger partial charge in [-0.05, 0) is 53.9 Å². The number of benzene rings is 2. The number of rotatable bonds is 7. The number of aromatic nitrogens is 1. The van der Waals surface area contributed by atoms with Gasteiger partial charge in [-0.25, -0.2) is 0 Å². The maximum atomic E-state index is 13.2. The molecule has 36 heavy (non-hydrogen) atoms. The first-order valence-corrected chi connectivity index (χ1v) is 12.1. The minimum absolute atomic E-state index is 0.0193. The molecule has 2 aromatic carbocycles. The van der Waals surface area contributed by atoms with Crippen molar-refractivity contribution in [3.05, 3.63) is 66.0 Å². The van der Waals surface area contributed by atoms with Crippen LogP contribution in [-0.2, 0) is 4.79 Å². The molecule has 1 aromatic heterocycles. The molecule has 0 aliphatic heterocycles. The maximum absolute atomic E-state index is 13.2. The van der Waals surface area contributed by atoms with Crippen LogP contribution >= 0.6 is 0 Å². The minimum atomic E-state index is -1.86. The van der Waals surface area contributed by atoms with E-state index in [1.54, 1.807) is 18.2 Å². The first kappa shape index (κ1) is 25.3. The lowest BCUT2D eigenvalue weighted by Gasteiger charge is -2.29. The second-order valence-electron chi connectivity index (χ2n) is 9.02. The molecule has 1 saturated carbocycles. The summed E-state index contributed by atoms with van der Waals surface area (Å²) in [6.07, 6.45) is 6.32. The molecule has 3 amide bonds. The summed E-state index contributed by atoms with van der Waals surface area (Å²) in [6.45, 7) is 0. The van der Waals surface area contributed by atoms with Gasteiger partial charge in [-0.1, -0.05) is 43.5 Å². The van der Waals surface area contributed by atoms with Gasteiger partial charge in [0.2, 0.25) is 5.91 Å². The summed E-state index contributed by atoms with van der Waals surface area (Å²) in [4.78, 5) is 43.0. The van der Waals surface area contributed by atoms with Gasteiger partial charge in [-0.2, -0.15) is 0 Å². The Kier molecular flexibility index (Phi) is 7.97. The average molecular weight is 488 g/mol. The van der Waals surface area contributed by atoms with Gasteiger partial charge in [0.15, 0.2) is 0 Å². The fourth-order valence-electron chi connectivity index (χ4n) is 4.74. The predicted molar refractivity (Wildman–Crippen MR) is 138 cm³/mol. The van der Waals surface area contributed by atoms with Crippen molar-refractivity contribution in [3.63, 3.8) is 0 Å². The third kappa shape index (κ3) is 5.72. The zero-order chi connectivity index (χ0) is 25.7. The highest BCUT2D eigenvalue weighted by Crippen LogP contribution is 2.27. The van der Waals surface area contributed by atoms with Gasteiger partial charge in [-0.15, -0.1) is 0 Å². The van der Waals surface area contributed by atoms with Crippen LogP contribution in [0.5, 0.6) is 0 Å². The number of carbonyl (C=O) groups is 3. The zero-order valence-corrected chi connectivity index (χ0v) is 20.0. The molecule has 1 aliphatic rings. The van der Waals surface area contributed by atoms with Crippen LogP contribution in [-0.4, -0.2) is 53.0 Å². The summed E-state index contributed by atoms with van der Waals surface area (Å²) < 4.78 is 0. The van der Waals surface area contributed by atoms with Gasteiger partial charge in [0.05, 0.1) is 0 Å². The summed E-state index contributed by atoms with van der Waals surface area (Å²) in [5.74, 6) is -1.31. The lowest BCUT2D eigenvalue weighted by atomic mass is 9.79. The second-order valence-corrected chi connectivity index (χ2v) is 9.02. The van der Waals surface area contributed by atoms with Crippen LogP contribution in [0.2, 0.25) is 0 Å². The maximum Gasteiger partial charge on any atom is 0.488 e. The summed E-state index contributed by atoms with van der Waals surface area (Å²) in [5.41, 5.74) is 0.509. The predicted octanol–water partition coefficient (Wildman–Crippen LogP) is 1.59. The van der Waals surface area contributed by atoms with Crippen LogP contribution in [0, 0.1) is 5.92 Å². The van der Waals surface area contributed by atoms with Crippen molar-refractivity contribution in [1.29, 1.82) is 0 Å². The van der Waals surface area contributed by atoms with E-state index in [4.69, 9.17) is 0 Å². The number of likely N-dealkylation sites (N-methyl/N-ethyl adjacent to an activating group) is 1. The Balaban J connectivity index is 1.60. The standard InChI is InChI=1S/C26H29BN4O5/c1-28-25(33)22(17-8-3-2-4-9-17)31-24(32)18-13-19(27(35)36)15-20(14-18)30-26(34)23-21-10-6-5-7-16(21)11-12-29-23/h5-7,10-15,17,22,35-36H,2-4,8-9H2,1H3,(H,28,33)(H,30,34)(H,31,32)/t22-/m0/s1. The molecular weight excluding hydrogens is 459 g/mol. The van der Waals surface area contributed by atoms with Crippen molar-refractivity contribution >= 4 is 46.8 Å². The van der Waals surface area contributed by atoms with Crippen LogP contribution in [0.4, 0.5) is 5.69 Å². The molecular formula is C26H29BN4O5. The van der Waals surface area contributed by atoms with Gasteiger partial charge in [0, 0.05) is 29.9 Å². The molecule has 186 valence electrons. The lowest BCUT2D eigenvalue weighted by molar-refractivity contribution is -0.124. The third-order valence-electron chi connectivity index (χ3n) is 6.60. The molecule has 1 heterocycles. The number of anilines is 1. The number of hydrogen-bond donors (Lipinski definition) is 5. The fourth-order valence-corrected chi connectivity index (χ4v) is 4.74. The molecule has 1 fully saturated rings. The Morgan fingerprint density at radius 3 is 2.47 bits per heavy atom. The van der Waals surface area contributed by atoms with Crippen molar-refractivity contribution in [3.8, 4) is 0 Å². The minimum Gasteiger partial charge on any atom is -0.423 e. The molecule has 3 aromatic rings. The smallest absolute Gasteiger partial charge is 0.423 e. The van der Waals surface area contributed by atoms with Crippen LogP contribution < -0.4 is 21.4 Å². The van der Waals surface area contributed by atoms with Gasteiger partial charge in [-0.3, -0.25) is 19.4 Å². The van der Waals surface area contributed by atoms with Crippen LogP contribution in [0.3, 0.4) is 0 Å². The lowest BCUT2D eigenvalue weighted by Crippen LogP contribution is -2.50. The Morgan fingerprint density at radius 1 is 1.00 bits per heavy atom. The molecule has 0 spiro atoms. The van der Waals surface area contributed by atoms with E-state index in [0.29, 0.717) is 5.39 Å². The van der Waals surface area contributed by atoms with Crippen LogP contribution in [0.15, 0.2) is 54.7 Å². The molecule has 0 saturated heterocycles. The van der Waals surface area contributed by atoms with Gasteiger partial charge < -0.3 is 26.0 Å². The van der Waals surface area contributed by atoms with Crippen LogP contribution in [0.1, 0.15) is 53.0 Å². The van der Waals surface area contributed by atoms with E-state index >= 15 is 0 Å². The van der Waals surface area contributed by atoms with E-state index in [1.165, 1.54) is 31.4 Å². The Morgan fingerprint density at radius 2 is 1.75 bits per heavy atom. The van der Waals surface area contributed by atoms with Gasteiger partial charge >= 0.3 is 7.12 Å². The number of carbonyl (C=O) groups excluding carboxylic acids is 3. The van der Waals surface area contributed by atoms with Crippen molar-refractivity contribution in [2.75, 3.05) is 12.4 Å². The van der Waals surface area contributed by atoms with Gasteiger partial charge in [0.1, 0.15) is 11.7 Å². The van der Waals surface area contributed by atoms with Crippen molar-refractivity contribution in [2.24, 2.45) is 5.92 Å². The molecule has 0 bridgehead atoms. The summed E-state index contributed by atoms with van der Waals surface area (Å²) in [7, 11) is -0.334. The van der Waals surface area contributed by atoms with E-state index < -0.39 is 25.0 Å². The number of amides is 3. The number of nitrogens with zero attached hydrogens (tertiary/aromatic N) is 1. The second kappa shape index (κ2) is 11.3. The van der Waals surface area contributed by atoms with E-state index in [-0.39, 0.29) is 34.2 Å². The summed E-state index contributed by atoms with van der Waals surface area (Å²) in [6, 6.07) is 12.6. The summed E-state index contributed by atoms with van der Waals surface area (Å²) in [5, 5.41) is 29.2. The molecule has 1 aliphatic carbocycles. The molecule has 0 unspecified atom stereocenters. The molecule has 5 N–H and O–H groups in total. The fraction of sp³-hybridized carbons (Fsp3) is 0.308. The Bertz CT molecular complexity index is 1270. The number of nitrogens with one attached hydrogen (secondary N) is 3. The first-order chi connectivity index (χ1) is 17.4. The quantitative estimate of drug-likeness (QED) is 0.320. The van der Waals surface area contributed by atoms with Crippen molar-refractivity contribution < 1.29 is 24.4 Å². The normalized spacial score (nSPS) is 14.6. The Labute approximate surface area is 209 Å². The topological polar surface area (TPSA) is 141 Å². The van der Waals surface area contributed by atoms with E-state index in [9.17, 15) is 24.4 Å². The monoisotopic (exact) mass is 488 g/mol. The number of fused-ring (bicyclic) bond motifs is 1. The SMILES string of the molecule is CNC(=O)[C@@H](NC(=O)c1cc(NC(=O)c2nccc3ccccc23)cc(B(O)O)c1)C1CCCCC1. The third-order valence-corrected chi connectivity index (χ3v) is 6.60. The highest BCUT2D eigenvalue weighted by molar-refractivity contribution is 6.58.